The lowest BCUT2D eigenvalue weighted by Crippen LogP contribution is -2.13. The van der Waals surface area contributed by atoms with Crippen molar-refractivity contribution in [1.82, 2.24) is 0 Å². The van der Waals surface area contributed by atoms with E-state index in [4.69, 9.17) is 0 Å². The van der Waals surface area contributed by atoms with E-state index in [9.17, 15) is 0 Å². The first kappa shape index (κ1) is 17.9. The van der Waals surface area contributed by atoms with Gasteiger partial charge in [0.1, 0.15) is 0 Å². The summed E-state index contributed by atoms with van der Waals surface area (Å²) in [6, 6.07) is 20.1. The monoisotopic (exact) mass is 374 g/mol. The van der Waals surface area contributed by atoms with Crippen LogP contribution in [0.5, 0.6) is 0 Å². The minimum atomic E-state index is 0.990. The third kappa shape index (κ3) is 2.75. The number of hydrogen-bond donors (Lipinski definition) is 0. The Labute approximate surface area is 172 Å². The zero-order chi connectivity index (χ0) is 20.1. The molecule has 0 N–H and O–H groups in total. The van der Waals surface area contributed by atoms with Crippen LogP contribution in [0.1, 0.15) is 48.1 Å². The molecule has 5 rings (SSSR count). The van der Waals surface area contributed by atoms with Gasteiger partial charge in [-0.15, -0.1) is 0 Å². The zero-order valence-electron chi connectivity index (χ0n) is 17.6. The molecule has 3 aromatic carbocycles. The molecule has 0 unspecified atom stereocenters. The van der Waals surface area contributed by atoms with Crippen molar-refractivity contribution in [3.8, 4) is 0 Å². The van der Waals surface area contributed by atoms with Crippen molar-refractivity contribution in [3.05, 3.63) is 115 Å². The van der Waals surface area contributed by atoms with Crippen molar-refractivity contribution in [2.75, 3.05) is 0 Å². The molecule has 0 saturated carbocycles. The van der Waals surface area contributed by atoms with Crippen LogP contribution >= 0.6 is 0 Å². The summed E-state index contributed by atoms with van der Waals surface area (Å²) in [5.41, 5.74) is 11.1. The van der Waals surface area contributed by atoms with Gasteiger partial charge in [-0.1, -0.05) is 72.3 Å². The predicted octanol–water partition coefficient (Wildman–Crippen LogP) is 5.79. The summed E-state index contributed by atoms with van der Waals surface area (Å²) < 4.78 is 0. The van der Waals surface area contributed by atoms with Crippen molar-refractivity contribution >= 4 is 22.8 Å². The molecule has 0 aromatic heterocycles. The molecule has 0 spiro atoms. The van der Waals surface area contributed by atoms with Gasteiger partial charge in [0.25, 0.3) is 0 Å². The van der Waals surface area contributed by atoms with Crippen LogP contribution in [0, 0.1) is 24.3 Å². The summed E-state index contributed by atoms with van der Waals surface area (Å²) in [7, 11) is 0. The van der Waals surface area contributed by atoms with E-state index < -0.39 is 0 Å². The van der Waals surface area contributed by atoms with E-state index in [2.05, 4.69) is 101 Å². The molecule has 0 aliphatic heterocycles. The molecular formula is C29H26. The molecule has 0 radical (unpaired) electrons. The third-order valence-electron chi connectivity index (χ3n) is 6.46. The molecule has 142 valence electrons. The smallest absolute Gasteiger partial charge is 0.00642 e. The average Bonchev–Trinajstić information content (AvgIpc) is 3.33. The molecule has 2 aliphatic carbocycles. The molecule has 29 heavy (non-hydrogen) atoms. The van der Waals surface area contributed by atoms with E-state index in [0.717, 1.165) is 6.42 Å². The van der Waals surface area contributed by atoms with Crippen LogP contribution in [0.15, 0.2) is 66.7 Å². The van der Waals surface area contributed by atoms with Crippen molar-refractivity contribution in [1.29, 1.82) is 0 Å². The van der Waals surface area contributed by atoms with Gasteiger partial charge in [-0.25, -0.2) is 0 Å². The normalized spacial score (nSPS) is 14.1. The lowest BCUT2D eigenvalue weighted by atomic mass is 9.88. The summed E-state index contributed by atoms with van der Waals surface area (Å²) in [6.07, 6.45) is 8.03. The second kappa shape index (κ2) is 6.74. The van der Waals surface area contributed by atoms with E-state index in [1.165, 1.54) is 65.4 Å². The Balaban J connectivity index is 1.91. The molecule has 0 atom stereocenters. The minimum Gasteiger partial charge on any atom is -0.0795 e. The predicted molar refractivity (Wildman–Crippen MR) is 125 cm³/mol. The highest BCUT2D eigenvalue weighted by Gasteiger charge is 2.20. The van der Waals surface area contributed by atoms with Gasteiger partial charge in [0.15, 0.2) is 0 Å². The number of rotatable bonds is 2. The van der Waals surface area contributed by atoms with E-state index in [-0.39, 0.29) is 0 Å². The van der Waals surface area contributed by atoms with Gasteiger partial charge in [0.05, 0.1) is 0 Å². The largest absolute Gasteiger partial charge is 0.0795 e. The Bertz CT molecular complexity index is 1440. The summed E-state index contributed by atoms with van der Waals surface area (Å²) >= 11 is 0. The van der Waals surface area contributed by atoms with Gasteiger partial charge in [-0.05, 0) is 100 Å². The Morgan fingerprint density at radius 1 is 0.828 bits per heavy atom. The van der Waals surface area contributed by atoms with E-state index in [0.29, 0.717) is 0 Å². The van der Waals surface area contributed by atoms with Crippen molar-refractivity contribution in [2.45, 2.75) is 34.1 Å². The molecule has 0 saturated heterocycles. The van der Waals surface area contributed by atoms with Gasteiger partial charge < -0.3 is 0 Å². The third-order valence-corrected chi connectivity index (χ3v) is 6.46. The van der Waals surface area contributed by atoms with Crippen LogP contribution in [0.4, 0.5) is 0 Å². The highest BCUT2D eigenvalue weighted by Crippen LogP contribution is 2.38. The highest BCUT2D eigenvalue weighted by molar-refractivity contribution is 6.01. The Morgan fingerprint density at radius 3 is 2.48 bits per heavy atom. The van der Waals surface area contributed by atoms with Gasteiger partial charge in [-0.2, -0.15) is 0 Å². The van der Waals surface area contributed by atoms with Crippen LogP contribution in [-0.2, 0) is 0 Å². The minimum absolute atomic E-state index is 0.990. The molecule has 0 bridgehead atoms. The molecule has 0 fully saturated rings. The summed E-state index contributed by atoms with van der Waals surface area (Å²) in [4.78, 5) is 0. The molecule has 0 nitrogen and oxygen atoms in total. The summed E-state index contributed by atoms with van der Waals surface area (Å²) in [6.45, 7) is 8.91. The van der Waals surface area contributed by atoms with Gasteiger partial charge in [0.2, 0.25) is 0 Å². The molecule has 3 aromatic rings. The van der Waals surface area contributed by atoms with Gasteiger partial charge in [-0.3, -0.25) is 0 Å². The molecule has 0 amide bonds. The average molecular weight is 375 g/mol. The maximum atomic E-state index is 2.39. The van der Waals surface area contributed by atoms with Crippen LogP contribution < -0.4 is 10.4 Å². The standard InChI is InChI=1S/C29H26/c1-18(2)22-15-16-26-24-11-6-5-10-21(24)17-28(26)29(22)27-14-8-13-25(27)23-12-7-9-19(3)20(23)4/h5-13,15-17H,14H2,1-4H3. The number of benzene rings is 3. The number of aryl methyl sites for hydroxylation is 1. The lowest BCUT2D eigenvalue weighted by molar-refractivity contribution is 1.31. The fourth-order valence-corrected chi connectivity index (χ4v) is 4.81. The maximum Gasteiger partial charge on any atom is -0.00642 e. The lowest BCUT2D eigenvalue weighted by Gasteiger charge is -2.16. The summed E-state index contributed by atoms with van der Waals surface area (Å²) in [5.74, 6) is 0. The fourth-order valence-electron chi connectivity index (χ4n) is 4.81. The second-order valence-electron chi connectivity index (χ2n) is 8.43. The van der Waals surface area contributed by atoms with Gasteiger partial charge in [0, 0.05) is 0 Å². The van der Waals surface area contributed by atoms with Crippen molar-refractivity contribution in [3.63, 3.8) is 0 Å². The van der Waals surface area contributed by atoms with E-state index in [1.807, 2.05) is 0 Å². The van der Waals surface area contributed by atoms with Crippen molar-refractivity contribution < 1.29 is 0 Å². The van der Waals surface area contributed by atoms with Crippen molar-refractivity contribution in [2.24, 2.45) is 0 Å². The summed E-state index contributed by atoms with van der Waals surface area (Å²) in [5, 5.41) is 5.41. The highest BCUT2D eigenvalue weighted by atomic mass is 14.2. The molecule has 0 heteroatoms. The molecule has 0 heterocycles. The Morgan fingerprint density at radius 2 is 1.66 bits per heavy atom. The topological polar surface area (TPSA) is 0 Å². The molecular weight excluding hydrogens is 348 g/mol. The molecule has 2 aliphatic rings. The Kier molecular flexibility index (Phi) is 4.17. The maximum absolute atomic E-state index is 2.39. The number of hydrogen-bond acceptors (Lipinski definition) is 0. The first-order valence-electron chi connectivity index (χ1n) is 10.4. The van der Waals surface area contributed by atoms with E-state index >= 15 is 0 Å². The Hall–Kier alpha value is -3.12. The SMILES string of the molecule is CC(C)=c1ccc2c(c1C1=C(c3cccc(C)c3C)C=CC1)C=c1ccccc1=2. The van der Waals surface area contributed by atoms with Crippen LogP contribution in [0.3, 0.4) is 0 Å². The number of allylic oxidation sites excluding steroid dienone is 4. The van der Waals surface area contributed by atoms with E-state index in [1.54, 1.807) is 0 Å². The fraction of sp³-hybridized carbons (Fsp3) is 0.172. The second-order valence-corrected chi connectivity index (χ2v) is 8.43. The quantitative estimate of drug-likeness (QED) is 0.416. The first-order chi connectivity index (χ1) is 14.1. The van der Waals surface area contributed by atoms with Gasteiger partial charge >= 0.3 is 0 Å². The van der Waals surface area contributed by atoms with Crippen LogP contribution in [0.2, 0.25) is 0 Å². The first-order valence-corrected chi connectivity index (χ1v) is 10.4. The zero-order valence-corrected chi connectivity index (χ0v) is 17.6. The van der Waals surface area contributed by atoms with Crippen LogP contribution in [-0.4, -0.2) is 0 Å². The van der Waals surface area contributed by atoms with Crippen LogP contribution in [0.25, 0.3) is 22.8 Å². The number of fused-ring (bicyclic) bond motifs is 2.